The quantitative estimate of drug-likeness (QED) is 0.120. The van der Waals surface area contributed by atoms with Crippen LogP contribution in [0.25, 0.3) is 0 Å². The van der Waals surface area contributed by atoms with E-state index in [0.29, 0.717) is 0 Å². The standard InChI is InChI=1S/C26H56OSi/c1-4-7-10-13-16-19-22-25-26(27-28,23-20-17-14-11-8-5-2)24-21-18-15-12-9-6-3/h4-25H2,1-3,28H3. The van der Waals surface area contributed by atoms with Gasteiger partial charge in [-0.1, -0.05) is 143 Å². The van der Waals surface area contributed by atoms with Gasteiger partial charge in [0.1, 0.15) is 10.5 Å². The zero-order valence-corrected chi connectivity index (χ0v) is 22.5. The van der Waals surface area contributed by atoms with Crippen LogP contribution in [0, 0.1) is 0 Å². The van der Waals surface area contributed by atoms with Gasteiger partial charge in [-0.25, -0.2) is 0 Å². The van der Waals surface area contributed by atoms with Gasteiger partial charge in [0, 0.05) is 0 Å². The Bertz CT molecular complexity index is 276. The van der Waals surface area contributed by atoms with E-state index in [-0.39, 0.29) is 5.60 Å². The second-order valence-corrected chi connectivity index (χ2v) is 9.70. The van der Waals surface area contributed by atoms with Crippen molar-refractivity contribution in [3.05, 3.63) is 0 Å². The lowest BCUT2D eigenvalue weighted by atomic mass is 9.85. The van der Waals surface area contributed by atoms with E-state index in [1.807, 2.05) is 0 Å². The highest BCUT2D eigenvalue weighted by atomic mass is 28.2. The molecule has 170 valence electrons. The molecule has 0 fully saturated rings. The summed E-state index contributed by atoms with van der Waals surface area (Å²) in [6, 6.07) is 0. The van der Waals surface area contributed by atoms with Crippen LogP contribution >= 0.6 is 0 Å². The Balaban J connectivity index is 4.22. The van der Waals surface area contributed by atoms with Crippen LogP contribution in [0.4, 0.5) is 0 Å². The van der Waals surface area contributed by atoms with Gasteiger partial charge in [-0.2, -0.15) is 0 Å². The average molecular weight is 413 g/mol. The first-order valence-corrected chi connectivity index (χ1v) is 14.1. The van der Waals surface area contributed by atoms with E-state index in [2.05, 4.69) is 20.8 Å². The Morgan fingerprint density at radius 1 is 0.429 bits per heavy atom. The smallest absolute Gasteiger partial charge is 0.146 e. The summed E-state index contributed by atoms with van der Waals surface area (Å²) in [4.78, 5) is 0. The molecule has 0 aromatic rings. The maximum atomic E-state index is 6.38. The van der Waals surface area contributed by atoms with Crippen LogP contribution in [-0.4, -0.2) is 16.1 Å². The van der Waals surface area contributed by atoms with Crippen molar-refractivity contribution in [3.8, 4) is 0 Å². The molecule has 0 heterocycles. The minimum absolute atomic E-state index is 0.241. The summed E-state index contributed by atoms with van der Waals surface area (Å²) < 4.78 is 6.38. The summed E-state index contributed by atoms with van der Waals surface area (Å²) in [6.07, 6.45) is 30.7. The van der Waals surface area contributed by atoms with E-state index in [0.717, 1.165) is 10.5 Å². The summed E-state index contributed by atoms with van der Waals surface area (Å²) in [7, 11) is 0.907. The van der Waals surface area contributed by atoms with Crippen LogP contribution in [0.5, 0.6) is 0 Å². The lowest BCUT2D eigenvalue weighted by Crippen LogP contribution is -2.32. The van der Waals surface area contributed by atoms with E-state index < -0.39 is 0 Å². The molecule has 0 bridgehead atoms. The molecular weight excluding hydrogens is 356 g/mol. The lowest BCUT2D eigenvalue weighted by Gasteiger charge is -2.34. The van der Waals surface area contributed by atoms with Crippen molar-refractivity contribution in [2.24, 2.45) is 0 Å². The molecule has 0 unspecified atom stereocenters. The minimum atomic E-state index is 0.241. The Hall–Kier alpha value is 0.177. The molecule has 0 aliphatic rings. The third kappa shape index (κ3) is 17.1. The van der Waals surface area contributed by atoms with Gasteiger partial charge < -0.3 is 4.43 Å². The van der Waals surface area contributed by atoms with E-state index in [1.165, 1.54) is 141 Å². The third-order valence-electron chi connectivity index (χ3n) is 6.64. The number of rotatable bonds is 23. The van der Waals surface area contributed by atoms with Gasteiger partial charge in [0.2, 0.25) is 0 Å². The SMILES string of the molecule is CCCCCCCCCC(CCCCCCCC)(CCCCCCCC)O[SiH3]. The fourth-order valence-electron chi connectivity index (χ4n) is 4.54. The molecule has 0 aromatic heterocycles. The van der Waals surface area contributed by atoms with Gasteiger partial charge in [0.25, 0.3) is 0 Å². The number of hydrogen-bond donors (Lipinski definition) is 0. The molecule has 0 spiro atoms. The van der Waals surface area contributed by atoms with Crippen molar-refractivity contribution < 1.29 is 4.43 Å². The molecule has 0 rings (SSSR count). The van der Waals surface area contributed by atoms with Gasteiger partial charge >= 0.3 is 0 Å². The molecular formula is C26H56OSi. The van der Waals surface area contributed by atoms with Gasteiger partial charge in [0.05, 0.1) is 5.60 Å². The first kappa shape index (κ1) is 28.2. The molecule has 0 aromatic carbocycles. The lowest BCUT2D eigenvalue weighted by molar-refractivity contribution is 0.0423. The Morgan fingerprint density at radius 2 is 0.679 bits per heavy atom. The van der Waals surface area contributed by atoms with Gasteiger partial charge in [-0.15, -0.1) is 0 Å². The summed E-state index contributed by atoms with van der Waals surface area (Å²) in [5.41, 5.74) is 0.241. The van der Waals surface area contributed by atoms with E-state index >= 15 is 0 Å². The van der Waals surface area contributed by atoms with Crippen molar-refractivity contribution in [1.29, 1.82) is 0 Å². The monoisotopic (exact) mass is 412 g/mol. The van der Waals surface area contributed by atoms with Crippen molar-refractivity contribution in [1.82, 2.24) is 0 Å². The molecule has 2 heteroatoms. The molecule has 0 aliphatic heterocycles. The first-order chi connectivity index (χ1) is 13.7. The first-order valence-electron chi connectivity index (χ1n) is 13.3. The van der Waals surface area contributed by atoms with Crippen molar-refractivity contribution >= 4 is 10.5 Å². The van der Waals surface area contributed by atoms with Crippen LogP contribution < -0.4 is 0 Å². The number of unbranched alkanes of at least 4 members (excludes halogenated alkanes) is 16. The highest BCUT2D eigenvalue weighted by molar-refractivity contribution is 5.98. The predicted octanol–water partition coefficient (Wildman–Crippen LogP) is 8.66. The summed E-state index contributed by atoms with van der Waals surface area (Å²) >= 11 is 0. The van der Waals surface area contributed by atoms with Gasteiger partial charge in [-0.3, -0.25) is 0 Å². The molecule has 28 heavy (non-hydrogen) atoms. The minimum Gasteiger partial charge on any atom is -0.422 e. The molecule has 0 radical (unpaired) electrons. The molecule has 0 amide bonds. The van der Waals surface area contributed by atoms with Crippen LogP contribution in [0.3, 0.4) is 0 Å². The zero-order chi connectivity index (χ0) is 20.8. The second-order valence-electron chi connectivity index (χ2n) is 9.29. The predicted molar refractivity (Wildman–Crippen MR) is 132 cm³/mol. The molecule has 0 atom stereocenters. The normalized spacial score (nSPS) is 12.1. The van der Waals surface area contributed by atoms with Crippen molar-refractivity contribution in [2.45, 2.75) is 168 Å². The van der Waals surface area contributed by atoms with E-state index in [4.69, 9.17) is 4.43 Å². The topological polar surface area (TPSA) is 9.23 Å². The van der Waals surface area contributed by atoms with Crippen molar-refractivity contribution in [2.75, 3.05) is 0 Å². The number of hydrogen-bond acceptors (Lipinski definition) is 1. The second kappa shape index (κ2) is 21.9. The molecule has 0 aliphatic carbocycles. The summed E-state index contributed by atoms with van der Waals surface area (Å²) in [5, 5.41) is 0. The largest absolute Gasteiger partial charge is 0.422 e. The Morgan fingerprint density at radius 3 is 0.929 bits per heavy atom. The fourth-order valence-corrected chi connectivity index (χ4v) is 5.15. The van der Waals surface area contributed by atoms with Crippen LogP contribution in [0.15, 0.2) is 0 Å². The Labute approximate surface area is 182 Å². The molecule has 0 saturated heterocycles. The highest BCUT2D eigenvalue weighted by Crippen LogP contribution is 2.32. The third-order valence-corrected chi connectivity index (χ3v) is 7.51. The zero-order valence-electron chi connectivity index (χ0n) is 20.5. The average Bonchev–Trinajstić information content (AvgIpc) is 2.72. The van der Waals surface area contributed by atoms with Gasteiger partial charge in [-0.05, 0) is 19.3 Å². The molecule has 0 N–H and O–H groups in total. The highest BCUT2D eigenvalue weighted by Gasteiger charge is 2.27. The van der Waals surface area contributed by atoms with Crippen LogP contribution in [0.1, 0.15) is 162 Å². The Kier molecular flexibility index (Phi) is 22.0. The van der Waals surface area contributed by atoms with Crippen LogP contribution in [-0.2, 0) is 4.43 Å². The maximum absolute atomic E-state index is 6.38. The molecule has 0 saturated carbocycles. The fraction of sp³-hybridized carbons (Fsp3) is 1.00. The molecule has 1 nitrogen and oxygen atoms in total. The maximum Gasteiger partial charge on any atom is 0.146 e. The van der Waals surface area contributed by atoms with Gasteiger partial charge in [0.15, 0.2) is 0 Å². The van der Waals surface area contributed by atoms with Crippen LogP contribution in [0.2, 0.25) is 0 Å². The summed E-state index contributed by atoms with van der Waals surface area (Å²) in [5.74, 6) is 0. The van der Waals surface area contributed by atoms with E-state index in [1.54, 1.807) is 0 Å². The van der Waals surface area contributed by atoms with E-state index in [9.17, 15) is 0 Å². The summed E-state index contributed by atoms with van der Waals surface area (Å²) in [6.45, 7) is 6.92. The van der Waals surface area contributed by atoms with Crippen molar-refractivity contribution in [3.63, 3.8) is 0 Å².